The van der Waals surface area contributed by atoms with E-state index in [-0.39, 0.29) is 0 Å². The first-order chi connectivity index (χ1) is 13.7. The Morgan fingerprint density at radius 1 is 0.821 bits per heavy atom. The number of unbranched alkanes of at least 4 members (excludes halogenated alkanes) is 9. The molecule has 3 rings (SSSR count). The van der Waals surface area contributed by atoms with E-state index in [1.807, 2.05) is 12.1 Å². The molecule has 3 nitrogen and oxygen atoms in total. The van der Waals surface area contributed by atoms with Gasteiger partial charge in [0.05, 0.1) is 13.2 Å². The normalized spacial score (nSPS) is 26.5. The Kier molecular flexibility index (Phi) is 8.50. The zero-order chi connectivity index (χ0) is 19.7. The van der Waals surface area contributed by atoms with Crippen LogP contribution in [-0.2, 0) is 15.9 Å². The third kappa shape index (κ3) is 5.64. The fourth-order valence-corrected chi connectivity index (χ4v) is 4.39. The summed E-state index contributed by atoms with van der Waals surface area (Å²) in [6, 6.07) is 8.40. The van der Waals surface area contributed by atoms with Crippen molar-refractivity contribution in [2.24, 2.45) is 0 Å². The molecule has 28 heavy (non-hydrogen) atoms. The number of halogens is 1. The van der Waals surface area contributed by atoms with Gasteiger partial charge in [-0.1, -0.05) is 88.4 Å². The first-order valence-electron chi connectivity index (χ1n) is 11.4. The molecule has 0 saturated carbocycles. The van der Waals surface area contributed by atoms with Crippen LogP contribution in [0.5, 0.6) is 5.75 Å². The van der Waals surface area contributed by atoms with E-state index < -0.39 is 10.8 Å². The highest BCUT2D eigenvalue weighted by atomic mass is 35.5. The molecule has 1 aromatic carbocycles. The van der Waals surface area contributed by atoms with Gasteiger partial charge in [-0.05, 0) is 30.5 Å². The van der Waals surface area contributed by atoms with Crippen molar-refractivity contribution in [3.05, 3.63) is 29.8 Å². The van der Waals surface area contributed by atoms with Gasteiger partial charge >= 0.3 is 0 Å². The van der Waals surface area contributed by atoms with Crippen LogP contribution in [0.3, 0.4) is 0 Å². The Bertz CT molecular complexity index is 564. The topological polar surface area (TPSA) is 27.7 Å². The molecule has 0 radical (unpaired) electrons. The zero-order valence-electron chi connectivity index (χ0n) is 17.5. The van der Waals surface area contributed by atoms with E-state index in [1.54, 1.807) is 0 Å². The molecule has 2 fully saturated rings. The fourth-order valence-electron chi connectivity index (χ4n) is 4.05. The van der Waals surface area contributed by atoms with Crippen LogP contribution < -0.4 is 4.74 Å². The second kappa shape index (κ2) is 10.8. The minimum atomic E-state index is -0.820. The van der Waals surface area contributed by atoms with E-state index in [4.69, 9.17) is 25.8 Å². The lowest BCUT2D eigenvalue weighted by molar-refractivity contribution is -0.356. The maximum absolute atomic E-state index is 6.53. The van der Waals surface area contributed by atoms with Gasteiger partial charge in [-0.25, -0.2) is 0 Å². The average molecular weight is 409 g/mol. The predicted molar refractivity (Wildman–Crippen MR) is 115 cm³/mol. The van der Waals surface area contributed by atoms with E-state index in [1.165, 1.54) is 69.8 Å². The largest absolute Gasteiger partial charge is 0.458 e. The molecule has 0 spiro atoms. The van der Waals surface area contributed by atoms with Gasteiger partial charge in [0, 0.05) is 12.8 Å². The third-order valence-electron chi connectivity index (χ3n) is 6.11. The third-order valence-corrected chi connectivity index (χ3v) is 6.70. The predicted octanol–water partition coefficient (Wildman–Crippen LogP) is 7.00. The van der Waals surface area contributed by atoms with Crippen LogP contribution >= 0.6 is 11.6 Å². The summed E-state index contributed by atoms with van der Waals surface area (Å²) in [5, 5.41) is -0.820. The maximum atomic E-state index is 6.53. The summed E-state index contributed by atoms with van der Waals surface area (Å²) < 4.78 is 17.4. The number of hydrogen-bond acceptors (Lipinski definition) is 3. The summed E-state index contributed by atoms with van der Waals surface area (Å²) >= 11 is 6.53. The Labute approximate surface area is 176 Å². The number of aryl methyl sites for hydroxylation is 1. The van der Waals surface area contributed by atoms with Crippen molar-refractivity contribution >= 4 is 11.6 Å². The second-order valence-corrected chi connectivity index (χ2v) is 8.97. The van der Waals surface area contributed by atoms with Gasteiger partial charge in [0.25, 0.3) is 5.79 Å². The highest BCUT2D eigenvalue weighted by Gasteiger charge is 2.63. The van der Waals surface area contributed by atoms with Gasteiger partial charge in [-0.3, -0.25) is 0 Å². The van der Waals surface area contributed by atoms with Crippen molar-refractivity contribution in [1.29, 1.82) is 0 Å². The summed E-state index contributed by atoms with van der Waals surface area (Å²) in [6.45, 7) is 3.63. The van der Waals surface area contributed by atoms with E-state index in [0.717, 1.165) is 25.0 Å². The van der Waals surface area contributed by atoms with Crippen LogP contribution in [0.2, 0.25) is 0 Å². The van der Waals surface area contributed by atoms with Crippen LogP contribution in [0.25, 0.3) is 0 Å². The van der Waals surface area contributed by atoms with Crippen LogP contribution in [-0.4, -0.2) is 24.1 Å². The zero-order valence-corrected chi connectivity index (χ0v) is 18.3. The molecule has 1 aromatic rings. The first-order valence-corrected chi connectivity index (χ1v) is 11.8. The molecule has 0 N–H and O–H groups in total. The molecule has 0 aliphatic carbocycles. The van der Waals surface area contributed by atoms with Gasteiger partial charge in [0.2, 0.25) is 5.06 Å². The summed E-state index contributed by atoms with van der Waals surface area (Å²) in [6.07, 6.45) is 16.4. The second-order valence-electron chi connectivity index (χ2n) is 8.36. The number of hydrogen-bond donors (Lipinski definition) is 0. The van der Waals surface area contributed by atoms with Gasteiger partial charge in [-0.15, -0.1) is 0 Å². The molecule has 2 atom stereocenters. The molecule has 2 heterocycles. The van der Waals surface area contributed by atoms with Crippen molar-refractivity contribution in [2.45, 2.75) is 101 Å². The van der Waals surface area contributed by atoms with Crippen LogP contribution in [0.1, 0.15) is 89.5 Å². The van der Waals surface area contributed by atoms with Crippen molar-refractivity contribution in [3.8, 4) is 5.75 Å². The van der Waals surface area contributed by atoms with Gasteiger partial charge < -0.3 is 14.2 Å². The summed E-state index contributed by atoms with van der Waals surface area (Å²) in [5.74, 6) is -0.00717. The number of ether oxygens (including phenoxy) is 3. The quantitative estimate of drug-likeness (QED) is 0.245. The Hall–Kier alpha value is -0.770. The van der Waals surface area contributed by atoms with Crippen molar-refractivity contribution in [2.75, 3.05) is 13.2 Å². The van der Waals surface area contributed by atoms with Crippen LogP contribution in [0.4, 0.5) is 0 Å². The fraction of sp³-hybridized carbons (Fsp3) is 0.750. The number of alkyl halides is 1. The van der Waals surface area contributed by atoms with Gasteiger partial charge in [-0.2, -0.15) is 0 Å². The molecule has 158 valence electrons. The monoisotopic (exact) mass is 408 g/mol. The molecular weight excluding hydrogens is 372 g/mol. The first kappa shape index (κ1) is 21.9. The summed E-state index contributed by atoms with van der Waals surface area (Å²) in [4.78, 5) is 0. The van der Waals surface area contributed by atoms with Gasteiger partial charge in [0.1, 0.15) is 5.75 Å². The lowest BCUT2D eigenvalue weighted by Crippen LogP contribution is -2.68. The van der Waals surface area contributed by atoms with Crippen molar-refractivity contribution < 1.29 is 14.2 Å². The van der Waals surface area contributed by atoms with E-state index in [0.29, 0.717) is 13.2 Å². The minimum absolute atomic E-state index is 0.675. The molecule has 0 bridgehead atoms. The Balaban J connectivity index is 1.30. The minimum Gasteiger partial charge on any atom is -0.458 e. The van der Waals surface area contributed by atoms with E-state index >= 15 is 0 Å². The molecule has 2 aliphatic rings. The average Bonchev–Trinajstić information content (AvgIpc) is 2.65. The Morgan fingerprint density at radius 3 is 1.82 bits per heavy atom. The van der Waals surface area contributed by atoms with Gasteiger partial charge in [0.15, 0.2) is 0 Å². The van der Waals surface area contributed by atoms with Crippen molar-refractivity contribution in [3.63, 3.8) is 0 Å². The summed E-state index contributed by atoms with van der Waals surface area (Å²) in [5.41, 5.74) is 1.37. The summed E-state index contributed by atoms with van der Waals surface area (Å²) in [7, 11) is 0. The molecule has 4 heteroatoms. The smallest absolute Gasteiger partial charge is 0.256 e. The maximum Gasteiger partial charge on any atom is 0.256 e. The van der Waals surface area contributed by atoms with Crippen molar-refractivity contribution in [1.82, 2.24) is 0 Å². The van der Waals surface area contributed by atoms with Crippen LogP contribution in [0.15, 0.2) is 24.3 Å². The lowest BCUT2D eigenvalue weighted by Gasteiger charge is -2.54. The molecule has 2 saturated heterocycles. The SMILES string of the molecule is CCCCCCCCCCCCc1ccc(OC2(C3(Cl)CCO3)CCO2)cc1. The molecule has 0 amide bonds. The highest BCUT2D eigenvalue weighted by Crippen LogP contribution is 2.50. The van der Waals surface area contributed by atoms with Crippen LogP contribution in [0, 0.1) is 0 Å². The number of benzene rings is 1. The van der Waals surface area contributed by atoms with E-state index in [2.05, 4.69) is 19.1 Å². The molecule has 2 aliphatic heterocycles. The molecule has 0 aromatic heterocycles. The lowest BCUT2D eigenvalue weighted by atomic mass is 9.95. The van der Waals surface area contributed by atoms with E-state index in [9.17, 15) is 0 Å². The standard InChI is InChI=1S/C24H37ClO3/c1-2-3-4-5-6-7-8-9-10-11-12-21-13-15-22(16-14-21)28-24(18-20-27-24)23(25)17-19-26-23/h13-16H,2-12,17-20H2,1H3. The Morgan fingerprint density at radius 2 is 1.36 bits per heavy atom. The molecule has 2 unspecified atom stereocenters. The highest BCUT2D eigenvalue weighted by molar-refractivity contribution is 6.24. The number of rotatable bonds is 14. The molecular formula is C24H37ClO3.